The number of amides is 3. The molecular formula is C19H20FN3O5. The predicted molar refractivity (Wildman–Crippen MR) is 98.1 cm³/mol. The highest BCUT2D eigenvalue weighted by molar-refractivity contribution is 5.96. The second kappa shape index (κ2) is 10.5. The van der Waals surface area contributed by atoms with Gasteiger partial charge in [0.1, 0.15) is 17.3 Å². The van der Waals surface area contributed by atoms with Gasteiger partial charge in [0, 0.05) is 5.56 Å². The van der Waals surface area contributed by atoms with Gasteiger partial charge in [0.05, 0.1) is 13.2 Å². The van der Waals surface area contributed by atoms with E-state index in [1.54, 1.807) is 24.3 Å². The lowest BCUT2D eigenvalue weighted by molar-refractivity contribution is -0.129. The molecule has 28 heavy (non-hydrogen) atoms. The van der Waals surface area contributed by atoms with Crippen molar-refractivity contribution in [1.29, 1.82) is 0 Å². The van der Waals surface area contributed by atoms with Crippen LogP contribution in [0.2, 0.25) is 0 Å². The van der Waals surface area contributed by atoms with Gasteiger partial charge in [-0.25, -0.2) is 4.39 Å². The Morgan fingerprint density at radius 2 is 1.43 bits per heavy atom. The second-order valence-corrected chi connectivity index (χ2v) is 5.48. The van der Waals surface area contributed by atoms with Crippen LogP contribution in [0.1, 0.15) is 17.3 Å². The minimum absolute atomic E-state index is 0.311. The summed E-state index contributed by atoms with van der Waals surface area (Å²) in [4.78, 5) is 35.3. The zero-order valence-electron chi connectivity index (χ0n) is 15.2. The molecule has 148 valence electrons. The number of halogens is 1. The largest absolute Gasteiger partial charge is 0.494 e. The number of ether oxygens (including phenoxy) is 2. The topological polar surface area (TPSA) is 106 Å². The summed E-state index contributed by atoms with van der Waals surface area (Å²) in [5.41, 5.74) is 4.66. The Bertz CT molecular complexity index is 809. The van der Waals surface area contributed by atoms with Crippen molar-refractivity contribution >= 4 is 17.7 Å². The normalized spacial score (nSPS) is 9.93. The minimum atomic E-state index is -0.616. The lowest BCUT2D eigenvalue weighted by Gasteiger charge is -2.10. The maximum atomic E-state index is 12.8. The van der Waals surface area contributed by atoms with Crippen molar-refractivity contribution in [2.75, 3.05) is 19.8 Å². The number of hydrazine groups is 1. The molecule has 2 rings (SSSR count). The van der Waals surface area contributed by atoms with Gasteiger partial charge in [-0.15, -0.1) is 0 Å². The van der Waals surface area contributed by atoms with Crippen LogP contribution in [0.3, 0.4) is 0 Å². The molecule has 0 aliphatic carbocycles. The third-order valence-electron chi connectivity index (χ3n) is 3.36. The Labute approximate surface area is 161 Å². The van der Waals surface area contributed by atoms with E-state index in [1.165, 1.54) is 24.3 Å². The van der Waals surface area contributed by atoms with Crippen LogP contribution >= 0.6 is 0 Å². The van der Waals surface area contributed by atoms with Crippen molar-refractivity contribution < 1.29 is 28.2 Å². The molecule has 0 aliphatic heterocycles. The Morgan fingerprint density at radius 3 is 2.07 bits per heavy atom. The van der Waals surface area contributed by atoms with Gasteiger partial charge in [-0.2, -0.15) is 0 Å². The quantitative estimate of drug-likeness (QED) is 0.588. The van der Waals surface area contributed by atoms with Crippen LogP contribution in [0.15, 0.2) is 48.5 Å². The van der Waals surface area contributed by atoms with E-state index >= 15 is 0 Å². The van der Waals surface area contributed by atoms with Gasteiger partial charge < -0.3 is 14.8 Å². The molecule has 0 bridgehead atoms. The van der Waals surface area contributed by atoms with Crippen LogP contribution < -0.4 is 25.6 Å². The summed E-state index contributed by atoms with van der Waals surface area (Å²) >= 11 is 0. The molecule has 0 unspecified atom stereocenters. The summed E-state index contributed by atoms with van der Waals surface area (Å²) < 4.78 is 23.2. The molecule has 0 aromatic heterocycles. The van der Waals surface area contributed by atoms with Crippen LogP contribution in [0.25, 0.3) is 0 Å². The molecule has 2 aromatic carbocycles. The monoisotopic (exact) mass is 389 g/mol. The summed E-state index contributed by atoms with van der Waals surface area (Å²) in [5.74, 6) is -1.14. The molecule has 2 aromatic rings. The van der Waals surface area contributed by atoms with Gasteiger partial charge in [0.25, 0.3) is 17.7 Å². The molecule has 0 spiro atoms. The first-order valence-electron chi connectivity index (χ1n) is 8.45. The van der Waals surface area contributed by atoms with E-state index in [0.29, 0.717) is 23.7 Å². The molecule has 0 heterocycles. The number of carbonyl (C=O) groups is 3. The van der Waals surface area contributed by atoms with E-state index in [2.05, 4.69) is 16.2 Å². The second-order valence-electron chi connectivity index (χ2n) is 5.48. The van der Waals surface area contributed by atoms with Crippen LogP contribution in [0.5, 0.6) is 11.5 Å². The Kier molecular flexibility index (Phi) is 7.77. The molecule has 3 N–H and O–H groups in total. The van der Waals surface area contributed by atoms with Gasteiger partial charge in [-0.05, 0) is 55.5 Å². The summed E-state index contributed by atoms with van der Waals surface area (Å²) in [5, 5.41) is 2.43. The van der Waals surface area contributed by atoms with Crippen LogP contribution in [0, 0.1) is 5.82 Å². The highest BCUT2D eigenvalue weighted by Gasteiger charge is 2.09. The molecule has 0 radical (unpaired) electrons. The van der Waals surface area contributed by atoms with Crippen molar-refractivity contribution in [2.24, 2.45) is 0 Å². The van der Waals surface area contributed by atoms with E-state index in [4.69, 9.17) is 9.47 Å². The van der Waals surface area contributed by atoms with E-state index in [0.717, 1.165) is 0 Å². The smallest absolute Gasteiger partial charge is 0.276 e. The summed E-state index contributed by atoms with van der Waals surface area (Å²) in [6.07, 6.45) is 0. The highest BCUT2D eigenvalue weighted by Crippen LogP contribution is 2.12. The van der Waals surface area contributed by atoms with Gasteiger partial charge in [0.15, 0.2) is 6.61 Å². The number of nitrogens with one attached hydrogen (secondary N) is 3. The van der Waals surface area contributed by atoms with Crippen molar-refractivity contribution in [3.63, 3.8) is 0 Å². The molecular weight excluding hydrogens is 369 g/mol. The van der Waals surface area contributed by atoms with Crippen LogP contribution in [0.4, 0.5) is 4.39 Å². The molecule has 0 saturated carbocycles. The van der Waals surface area contributed by atoms with Crippen LogP contribution in [-0.2, 0) is 9.59 Å². The molecule has 0 atom stereocenters. The zero-order chi connectivity index (χ0) is 20.4. The van der Waals surface area contributed by atoms with E-state index in [-0.39, 0.29) is 13.2 Å². The fourth-order valence-electron chi connectivity index (χ4n) is 2.03. The Hall–Kier alpha value is -3.62. The average Bonchev–Trinajstić information content (AvgIpc) is 2.71. The van der Waals surface area contributed by atoms with E-state index in [1.807, 2.05) is 6.92 Å². The van der Waals surface area contributed by atoms with Crippen molar-refractivity contribution in [1.82, 2.24) is 16.2 Å². The lowest BCUT2D eigenvalue weighted by Crippen LogP contribution is -2.47. The molecule has 8 nitrogen and oxygen atoms in total. The fraction of sp³-hybridized carbons (Fsp3) is 0.211. The Morgan fingerprint density at radius 1 is 0.857 bits per heavy atom. The molecule has 0 saturated heterocycles. The predicted octanol–water partition coefficient (Wildman–Crippen LogP) is 1.18. The van der Waals surface area contributed by atoms with Crippen molar-refractivity contribution in [3.8, 4) is 11.5 Å². The maximum Gasteiger partial charge on any atom is 0.276 e. The molecule has 0 fully saturated rings. The maximum absolute atomic E-state index is 12.8. The van der Waals surface area contributed by atoms with Gasteiger partial charge in [-0.3, -0.25) is 25.2 Å². The number of benzene rings is 2. The number of carbonyl (C=O) groups excluding carboxylic acids is 3. The van der Waals surface area contributed by atoms with Crippen molar-refractivity contribution in [3.05, 3.63) is 59.9 Å². The van der Waals surface area contributed by atoms with Gasteiger partial charge in [-0.1, -0.05) is 0 Å². The summed E-state index contributed by atoms with van der Waals surface area (Å²) in [6, 6.07) is 11.6. The molecule has 9 heteroatoms. The zero-order valence-corrected chi connectivity index (χ0v) is 15.2. The van der Waals surface area contributed by atoms with Gasteiger partial charge in [0.2, 0.25) is 0 Å². The van der Waals surface area contributed by atoms with Gasteiger partial charge >= 0.3 is 0 Å². The SMILES string of the molecule is CCOc1ccc(C(=O)NCC(=O)NNC(=O)COc2ccc(F)cc2)cc1. The minimum Gasteiger partial charge on any atom is -0.494 e. The average molecular weight is 389 g/mol. The third kappa shape index (κ3) is 6.94. The van der Waals surface area contributed by atoms with Crippen molar-refractivity contribution in [2.45, 2.75) is 6.92 Å². The summed E-state index contributed by atoms with van der Waals surface area (Å²) in [7, 11) is 0. The third-order valence-corrected chi connectivity index (χ3v) is 3.36. The molecule has 0 aliphatic rings. The Balaban J connectivity index is 1.66. The number of hydrogen-bond donors (Lipinski definition) is 3. The number of rotatable bonds is 8. The first kappa shape index (κ1) is 20.7. The fourth-order valence-corrected chi connectivity index (χ4v) is 2.03. The van der Waals surface area contributed by atoms with E-state index < -0.39 is 23.5 Å². The number of hydrogen-bond acceptors (Lipinski definition) is 5. The first-order chi connectivity index (χ1) is 13.5. The van der Waals surface area contributed by atoms with Crippen LogP contribution in [-0.4, -0.2) is 37.5 Å². The molecule has 3 amide bonds. The first-order valence-corrected chi connectivity index (χ1v) is 8.45. The van der Waals surface area contributed by atoms with E-state index in [9.17, 15) is 18.8 Å². The summed E-state index contributed by atoms with van der Waals surface area (Å²) in [6.45, 7) is 1.68. The highest BCUT2D eigenvalue weighted by atomic mass is 19.1. The lowest BCUT2D eigenvalue weighted by atomic mass is 10.2. The standard InChI is InChI=1S/C19H20FN3O5/c1-2-27-15-7-3-13(4-8-15)19(26)21-11-17(24)22-23-18(25)12-28-16-9-5-14(20)6-10-16/h3-10H,2,11-12H2,1H3,(H,21,26)(H,22,24)(H,23,25).